The first kappa shape index (κ1) is 14.1. The van der Waals surface area contributed by atoms with E-state index >= 15 is 0 Å². The average molecular weight is 272 g/mol. The lowest BCUT2D eigenvalue weighted by atomic mass is 10.3. The van der Waals surface area contributed by atoms with Crippen LogP contribution in [0.1, 0.15) is 25.5 Å². The third kappa shape index (κ3) is 3.60. The molecule has 2 rings (SSSR count). The number of nitrogens with zero attached hydrogens (tertiary/aromatic N) is 2. The molecular weight excluding hydrogens is 252 g/mol. The second-order valence-corrected chi connectivity index (χ2v) is 4.54. The molecule has 3 N–H and O–H groups in total. The molecule has 5 nitrogen and oxygen atoms in total. The predicted octanol–water partition coefficient (Wildman–Crippen LogP) is 3.37. The number of para-hydroxylation sites is 1. The summed E-state index contributed by atoms with van der Waals surface area (Å²) in [4.78, 5) is 8.39. The number of nitrogens with one attached hydrogen (secondary N) is 1. The number of rotatable bonds is 6. The van der Waals surface area contributed by atoms with Gasteiger partial charge in [-0.25, -0.2) is 4.98 Å². The maximum atomic E-state index is 5.88. The van der Waals surface area contributed by atoms with Crippen LogP contribution >= 0.6 is 0 Å². The third-order valence-corrected chi connectivity index (χ3v) is 2.84. The molecule has 0 radical (unpaired) electrons. The lowest BCUT2D eigenvalue weighted by Gasteiger charge is -2.14. The Morgan fingerprint density at radius 1 is 1.20 bits per heavy atom. The van der Waals surface area contributed by atoms with Crippen molar-refractivity contribution in [3.8, 4) is 11.5 Å². The smallest absolute Gasteiger partial charge is 0.222 e. The lowest BCUT2D eigenvalue weighted by molar-refractivity contribution is 0.475. The van der Waals surface area contributed by atoms with Crippen molar-refractivity contribution in [3.05, 3.63) is 36.0 Å². The highest BCUT2D eigenvalue weighted by molar-refractivity contribution is 5.56. The van der Waals surface area contributed by atoms with E-state index in [9.17, 15) is 0 Å². The molecule has 2 aromatic rings. The number of ether oxygens (including phenoxy) is 1. The number of anilines is 2. The summed E-state index contributed by atoms with van der Waals surface area (Å²) in [6, 6.07) is 9.58. The normalized spacial score (nSPS) is 10.3. The van der Waals surface area contributed by atoms with Gasteiger partial charge < -0.3 is 15.8 Å². The Morgan fingerprint density at radius 2 is 1.95 bits per heavy atom. The standard InChI is InChI=1S/C15H20N4O/c1-3-4-10-17-14-13(11(2)18-15(16)19-14)20-12-8-6-5-7-9-12/h5-9H,3-4,10H2,1-2H3,(H3,16,17,18,19). The van der Waals surface area contributed by atoms with Crippen LogP contribution in [0.3, 0.4) is 0 Å². The Labute approximate surface area is 119 Å². The molecule has 0 aliphatic carbocycles. The Hall–Kier alpha value is -2.30. The van der Waals surface area contributed by atoms with Crippen molar-refractivity contribution in [2.75, 3.05) is 17.6 Å². The van der Waals surface area contributed by atoms with Crippen LogP contribution in [0.2, 0.25) is 0 Å². The van der Waals surface area contributed by atoms with Crippen LogP contribution in [0.4, 0.5) is 11.8 Å². The molecule has 1 aromatic heterocycles. The van der Waals surface area contributed by atoms with Crippen LogP contribution in [-0.4, -0.2) is 16.5 Å². The summed E-state index contributed by atoms with van der Waals surface area (Å²) in [5.41, 5.74) is 6.43. The van der Waals surface area contributed by atoms with Crippen LogP contribution in [0.15, 0.2) is 30.3 Å². The van der Waals surface area contributed by atoms with Crippen molar-refractivity contribution in [2.45, 2.75) is 26.7 Å². The summed E-state index contributed by atoms with van der Waals surface area (Å²) in [7, 11) is 0. The van der Waals surface area contributed by atoms with Crippen LogP contribution in [0.25, 0.3) is 0 Å². The third-order valence-electron chi connectivity index (χ3n) is 2.84. The molecule has 0 saturated heterocycles. The number of aryl methyl sites for hydroxylation is 1. The Balaban J connectivity index is 2.25. The van der Waals surface area contributed by atoms with Gasteiger partial charge in [0.1, 0.15) is 5.75 Å². The van der Waals surface area contributed by atoms with E-state index in [2.05, 4.69) is 22.2 Å². The minimum atomic E-state index is 0.252. The number of unbranched alkanes of at least 4 members (excludes halogenated alkanes) is 1. The van der Waals surface area contributed by atoms with Crippen LogP contribution in [0, 0.1) is 6.92 Å². The van der Waals surface area contributed by atoms with Gasteiger partial charge in [0.25, 0.3) is 0 Å². The van der Waals surface area contributed by atoms with Crippen molar-refractivity contribution in [2.24, 2.45) is 0 Å². The number of hydrogen-bond donors (Lipinski definition) is 2. The fourth-order valence-corrected chi connectivity index (χ4v) is 1.82. The maximum absolute atomic E-state index is 5.88. The minimum Gasteiger partial charge on any atom is -0.452 e. The largest absolute Gasteiger partial charge is 0.452 e. The van der Waals surface area contributed by atoms with Gasteiger partial charge in [0.15, 0.2) is 11.6 Å². The summed E-state index contributed by atoms with van der Waals surface area (Å²) in [5.74, 6) is 2.28. The molecule has 20 heavy (non-hydrogen) atoms. The fourth-order valence-electron chi connectivity index (χ4n) is 1.82. The van der Waals surface area contributed by atoms with E-state index in [4.69, 9.17) is 10.5 Å². The molecule has 0 bridgehead atoms. The minimum absolute atomic E-state index is 0.252. The molecule has 0 amide bonds. The molecule has 0 spiro atoms. The zero-order valence-corrected chi connectivity index (χ0v) is 11.9. The summed E-state index contributed by atoms with van der Waals surface area (Å²) in [6.45, 7) is 4.83. The van der Waals surface area contributed by atoms with Gasteiger partial charge in [-0.1, -0.05) is 31.5 Å². The van der Waals surface area contributed by atoms with E-state index in [1.807, 2.05) is 37.3 Å². The predicted molar refractivity (Wildman–Crippen MR) is 81.1 cm³/mol. The highest BCUT2D eigenvalue weighted by Gasteiger charge is 2.12. The molecular formula is C15H20N4O. The number of benzene rings is 1. The number of nitrogen functional groups attached to an aromatic ring is 1. The van der Waals surface area contributed by atoms with E-state index in [0.717, 1.165) is 30.8 Å². The second kappa shape index (κ2) is 6.75. The monoisotopic (exact) mass is 272 g/mol. The molecule has 5 heteroatoms. The SMILES string of the molecule is CCCCNc1nc(N)nc(C)c1Oc1ccccc1. The van der Waals surface area contributed by atoms with Gasteiger partial charge >= 0.3 is 0 Å². The zero-order valence-electron chi connectivity index (χ0n) is 11.9. The topological polar surface area (TPSA) is 73.1 Å². The molecule has 0 aliphatic rings. The summed E-state index contributed by atoms with van der Waals surface area (Å²) in [5, 5.41) is 3.26. The van der Waals surface area contributed by atoms with E-state index in [0.29, 0.717) is 11.6 Å². The highest BCUT2D eigenvalue weighted by Crippen LogP contribution is 2.31. The first-order valence-electron chi connectivity index (χ1n) is 6.81. The summed E-state index contributed by atoms with van der Waals surface area (Å²) in [6.07, 6.45) is 2.18. The van der Waals surface area contributed by atoms with E-state index < -0.39 is 0 Å². The highest BCUT2D eigenvalue weighted by atomic mass is 16.5. The molecule has 106 valence electrons. The van der Waals surface area contributed by atoms with E-state index in [1.165, 1.54) is 0 Å². The first-order chi connectivity index (χ1) is 9.70. The van der Waals surface area contributed by atoms with Gasteiger partial charge in [-0.05, 0) is 25.5 Å². The molecule has 0 atom stereocenters. The number of hydrogen-bond acceptors (Lipinski definition) is 5. The molecule has 0 saturated carbocycles. The van der Waals surface area contributed by atoms with Gasteiger partial charge in [-0.15, -0.1) is 0 Å². The van der Waals surface area contributed by atoms with Crippen molar-refractivity contribution in [1.29, 1.82) is 0 Å². The van der Waals surface area contributed by atoms with Gasteiger partial charge in [0.2, 0.25) is 5.95 Å². The van der Waals surface area contributed by atoms with Crippen LogP contribution in [0.5, 0.6) is 11.5 Å². The quantitative estimate of drug-likeness (QED) is 0.789. The van der Waals surface area contributed by atoms with Crippen LogP contribution in [-0.2, 0) is 0 Å². The molecule has 0 unspecified atom stereocenters. The summed E-state index contributed by atoms with van der Waals surface area (Å²) < 4.78 is 5.88. The van der Waals surface area contributed by atoms with Crippen molar-refractivity contribution in [3.63, 3.8) is 0 Å². The zero-order chi connectivity index (χ0) is 14.4. The molecule has 0 aliphatic heterocycles. The molecule has 1 aromatic carbocycles. The lowest BCUT2D eigenvalue weighted by Crippen LogP contribution is -2.09. The van der Waals surface area contributed by atoms with E-state index in [1.54, 1.807) is 0 Å². The van der Waals surface area contributed by atoms with Crippen LogP contribution < -0.4 is 15.8 Å². The van der Waals surface area contributed by atoms with Gasteiger partial charge in [-0.2, -0.15) is 4.98 Å². The van der Waals surface area contributed by atoms with Crippen molar-refractivity contribution < 1.29 is 4.74 Å². The molecule has 1 heterocycles. The first-order valence-corrected chi connectivity index (χ1v) is 6.81. The fraction of sp³-hybridized carbons (Fsp3) is 0.333. The maximum Gasteiger partial charge on any atom is 0.222 e. The number of aromatic nitrogens is 2. The number of nitrogens with two attached hydrogens (primary N) is 1. The average Bonchev–Trinajstić information content (AvgIpc) is 2.44. The van der Waals surface area contributed by atoms with E-state index in [-0.39, 0.29) is 5.95 Å². The van der Waals surface area contributed by atoms with Gasteiger partial charge in [0.05, 0.1) is 5.69 Å². The molecule has 0 fully saturated rings. The Bertz CT molecular complexity index is 557. The van der Waals surface area contributed by atoms with Gasteiger partial charge in [-0.3, -0.25) is 0 Å². The van der Waals surface area contributed by atoms with Gasteiger partial charge in [0, 0.05) is 6.54 Å². The summed E-state index contributed by atoms with van der Waals surface area (Å²) >= 11 is 0. The van der Waals surface area contributed by atoms with Crippen molar-refractivity contribution in [1.82, 2.24) is 9.97 Å². The Kier molecular flexibility index (Phi) is 4.76. The van der Waals surface area contributed by atoms with Crippen molar-refractivity contribution >= 4 is 11.8 Å². The Morgan fingerprint density at radius 3 is 2.65 bits per heavy atom. The second-order valence-electron chi connectivity index (χ2n) is 4.54.